The number of hydrogen-bond donors (Lipinski definition) is 1. The van der Waals surface area contributed by atoms with E-state index in [1.807, 2.05) is 13.1 Å². The molecule has 3 aromatic rings. The van der Waals surface area contributed by atoms with E-state index in [2.05, 4.69) is 15.1 Å². The molecule has 8 heteroatoms. The molecule has 4 heterocycles. The van der Waals surface area contributed by atoms with Crippen molar-refractivity contribution in [2.75, 3.05) is 6.54 Å². The Labute approximate surface area is 140 Å². The molecule has 1 N–H and O–H groups in total. The van der Waals surface area contributed by atoms with Crippen molar-refractivity contribution in [1.82, 2.24) is 24.1 Å². The molecular formula is C16H19N5O2S. The van der Waals surface area contributed by atoms with E-state index in [0.717, 1.165) is 25.0 Å². The fraction of sp³-hybridized carbons (Fsp3) is 0.375. The van der Waals surface area contributed by atoms with Crippen LogP contribution in [0.4, 0.5) is 0 Å². The lowest BCUT2D eigenvalue weighted by atomic mass is 10.0. The molecule has 126 valence electrons. The molecule has 0 unspecified atom stereocenters. The van der Waals surface area contributed by atoms with Gasteiger partial charge in [0.1, 0.15) is 10.5 Å². The summed E-state index contributed by atoms with van der Waals surface area (Å²) in [5.74, 6) is 0. The van der Waals surface area contributed by atoms with Crippen molar-refractivity contribution in [3.63, 3.8) is 0 Å². The van der Waals surface area contributed by atoms with E-state index >= 15 is 0 Å². The highest BCUT2D eigenvalue weighted by molar-refractivity contribution is 7.89. The molecule has 24 heavy (non-hydrogen) atoms. The van der Waals surface area contributed by atoms with Crippen LogP contribution in [0.3, 0.4) is 0 Å². The Morgan fingerprint density at radius 2 is 2.12 bits per heavy atom. The minimum absolute atomic E-state index is 0.183. The number of hydrogen-bond acceptors (Lipinski definition) is 4. The zero-order chi connectivity index (χ0) is 16.7. The highest BCUT2D eigenvalue weighted by atomic mass is 32.2. The smallest absolute Gasteiger partial charge is 0.245 e. The van der Waals surface area contributed by atoms with Gasteiger partial charge in [-0.1, -0.05) is 6.42 Å². The molecule has 1 aliphatic rings. The van der Waals surface area contributed by atoms with Crippen molar-refractivity contribution in [2.24, 2.45) is 7.05 Å². The molecule has 0 saturated carbocycles. The van der Waals surface area contributed by atoms with Gasteiger partial charge in [-0.25, -0.2) is 13.4 Å². The van der Waals surface area contributed by atoms with E-state index in [-0.39, 0.29) is 6.04 Å². The van der Waals surface area contributed by atoms with Gasteiger partial charge in [0.05, 0.1) is 11.7 Å². The molecule has 0 spiro atoms. The Morgan fingerprint density at radius 3 is 2.92 bits per heavy atom. The summed E-state index contributed by atoms with van der Waals surface area (Å²) in [5, 5.41) is 4.83. The molecule has 1 saturated heterocycles. The van der Waals surface area contributed by atoms with Gasteiger partial charge in [0.15, 0.2) is 0 Å². The predicted octanol–water partition coefficient (Wildman–Crippen LogP) is 2.21. The first-order chi connectivity index (χ1) is 11.6. The molecule has 0 bridgehead atoms. The normalized spacial score (nSPS) is 19.8. The monoisotopic (exact) mass is 345 g/mol. The van der Waals surface area contributed by atoms with E-state index in [1.54, 1.807) is 39.7 Å². The van der Waals surface area contributed by atoms with E-state index < -0.39 is 10.0 Å². The zero-order valence-corrected chi connectivity index (χ0v) is 14.2. The maximum atomic E-state index is 13.3. The largest absolute Gasteiger partial charge is 0.345 e. The summed E-state index contributed by atoms with van der Waals surface area (Å²) in [6.45, 7) is 0.519. The SMILES string of the molecule is Cn1nccc1[C@@H]1CCCCN1S(=O)(=O)c1c[nH]c2ncccc12. The lowest BCUT2D eigenvalue weighted by Crippen LogP contribution is -2.39. The van der Waals surface area contributed by atoms with Gasteiger partial charge in [-0.2, -0.15) is 9.40 Å². The standard InChI is InChI=1S/C16H19N5O2S/c1-20-13(7-9-19-20)14-6-2-3-10-21(14)24(22,23)15-11-18-16-12(15)5-4-8-17-16/h4-5,7-9,11,14H,2-3,6,10H2,1H3,(H,17,18)/t14-/m0/s1. The molecule has 0 aromatic carbocycles. The number of nitrogens with one attached hydrogen (secondary N) is 1. The fourth-order valence-corrected chi connectivity index (χ4v) is 5.29. The molecule has 7 nitrogen and oxygen atoms in total. The third-order valence-electron chi connectivity index (χ3n) is 4.65. The average molecular weight is 345 g/mol. The number of H-pyrrole nitrogens is 1. The molecule has 0 aliphatic carbocycles. The quantitative estimate of drug-likeness (QED) is 0.789. The van der Waals surface area contributed by atoms with Gasteiger partial charge >= 0.3 is 0 Å². The predicted molar refractivity (Wildman–Crippen MR) is 89.8 cm³/mol. The van der Waals surface area contributed by atoms with Gasteiger partial charge in [-0.05, 0) is 31.0 Å². The second kappa shape index (κ2) is 5.71. The zero-order valence-electron chi connectivity index (χ0n) is 13.4. The molecule has 0 amide bonds. The number of aromatic nitrogens is 4. The van der Waals surface area contributed by atoms with E-state index in [9.17, 15) is 8.42 Å². The Hall–Kier alpha value is -2.19. The summed E-state index contributed by atoms with van der Waals surface area (Å²) in [5.41, 5.74) is 1.52. The molecule has 1 aliphatic heterocycles. The van der Waals surface area contributed by atoms with Crippen LogP contribution in [0.15, 0.2) is 41.7 Å². The van der Waals surface area contributed by atoms with Crippen LogP contribution < -0.4 is 0 Å². The lowest BCUT2D eigenvalue weighted by Gasteiger charge is -2.34. The third kappa shape index (κ3) is 2.33. The van der Waals surface area contributed by atoms with Crippen molar-refractivity contribution in [3.8, 4) is 0 Å². The van der Waals surface area contributed by atoms with Crippen LogP contribution in [0.2, 0.25) is 0 Å². The number of pyridine rings is 1. The number of rotatable bonds is 3. The third-order valence-corrected chi connectivity index (χ3v) is 6.60. The van der Waals surface area contributed by atoms with Gasteiger partial charge in [0, 0.05) is 37.6 Å². The minimum atomic E-state index is -3.62. The second-order valence-electron chi connectivity index (χ2n) is 6.06. The molecule has 1 atom stereocenters. The topological polar surface area (TPSA) is 83.9 Å². The van der Waals surface area contributed by atoms with Crippen LogP contribution in [-0.2, 0) is 17.1 Å². The van der Waals surface area contributed by atoms with Gasteiger partial charge in [-0.15, -0.1) is 0 Å². The number of aryl methyl sites for hydroxylation is 1. The van der Waals surface area contributed by atoms with Crippen molar-refractivity contribution in [3.05, 3.63) is 42.5 Å². The van der Waals surface area contributed by atoms with Crippen LogP contribution in [0.1, 0.15) is 31.0 Å². The Balaban J connectivity index is 1.81. The Kier molecular flexibility index (Phi) is 3.65. The number of aromatic amines is 1. The fourth-order valence-electron chi connectivity index (χ4n) is 3.47. The molecule has 4 rings (SSSR count). The summed E-state index contributed by atoms with van der Waals surface area (Å²) < 4.78 is 30.0. The van der Waals surface area contributed by atoms with Crippen LogP contribution in [-0.4, -0.2) is 39.0 Å². The van der Waals surface area contributed by atoms with E-state index in [1.165, 1.54) is 0 Å². The number of piperidine rings is 1. The summed E-state index contributed by atoms with van der Waals surface area (Å²) >= 11 is 0. The Bertz CT molecular complexity index is 975. The second-order valence-corrected chi connectivity index (χ2v) is 7.92. The highest BCUT2D eigenvalue weighted by Gasteiger charge is 2.37. The first-order valence-electron chi connectivity index (χ1n) is 8.01. The van der Waals surface area contributed by atoms with Gasteiger partial charge < -0.3 is 4.98 Å². The maximum absolute atomic E-state index is 13.3. The number of nitrogens with zero attached hydrogens (tertiary/aromatic N) is 4. The molecule has 0 radical (unpaired) electrons. The highest BCUT2D eigenvalue weighted by Crippen LogP contribution is 2.36. The van der Waals surface area contributed by atoms with Crippen LogP contribution in [0.5, 0.6) is 0 Å². The Morgan fingerprint density at radius 1 is 1.25 bits per heavy atom. The first-order valence-corrected chi connectivity index (χ1v) is 9.45. The molecule has 1 fully saturated rings. The van der Waals surface area contributed by atoms with Crippen LogP contribution in [0.25, 0.3) is 11.0 Å². The van der Waals surface area contributed by atoms with Crippen molar-refractivity contribution in [1.29, 1.82) is 0 Å². The van der Waals surface area contributed by atoms with Gasteiger partial charge in [0.25, 0.3) is 0 Å². The molecular weight excluding hydrogens is 326 g/mol. The summed E-state index contributed by atoms with van der Waals surface area (Å²) in [6, 6.07) is 5.26. The summed E-state index contributed by atoms with van der Waals surface area (Å²) in [7, 11) is -1.76. The van der Waals surface area contributed by atoms with Crippen molar-refractivity contribution >= 4 is 21.1 Å². The maximum Gasteiger partial charge on any atom is 0.245 e. The number of fused-ring (bicyclic) bond motifs is 1. The minimum Gasteiger partial charge on any atom is -0.345 e. The number of sulfonamides is 1. The van der Waals surface area contributed by atoms with Crippen LogP contribution in [0, 0.1) is 0 Å². The van der Waals surface area contributed by atoms with E-state index in [4.69, 9.17) is 0 Å². The summed E-state index contributed by atoms with van der Waals surface area (Å²) in [4.78, 5) is 7.44. The average Bonchev–Trinajstić information content (AvgIpc) is 3.21. The van der Waals surface area contributed by atoms with Crippen LogP contribution >= 0.6 is 0 Å². The lowest BCUT2D eigenvalue weighted by molar-refractivity contribution is 0.246. The first kappa shape index (κ1) is 15.3. The van der Waals surface area contributed by atoms with Crippen molar-refractivity contribution in [2.45, 2.75) is 30.2 Å². The van der Waals surface area contributed by atoms with Gasteiger partial charge in [-0.3, -0.25) is 4.68 Å². The van der Waals surface area contributed by atoms with Gasteiger partial charge in [0.2, 0.25) is 10.0 Å². The van der Waals surface area contributed by atoms with E-state index in [0.29, 0.717) is 22.5 Å². The molecule has 3 aromatic heterocycles. The summed E-state index contributed by atoms with van der Waals surface area (Å²) in [6.07, 6.45) is 7.59. The van der Waals surface area contributed by atoms with Crippen molar-refractivity contribution < 1.29 is 8.42 Å².